The molecule has 2 heterocycles. The molecule has 1 aliphatic rings. The first-order valence-electron chi connectivity index (χ1n) is 8.74. The molecule has 8 nitrogen and oxygen atoms in total. The Hall–Kier alpha value is -2.90. The average Bonchev–Trinajstić information content (AvgIpc) is 3.23. The molecule has 0 saturated carbocycles. The summed E-state index contributed by atoms with van der Waals surface area (Å²) >= 11 is 0. The monoisotopic (exact) mass is 357 g/mol. The van der Waals surface area contributed by atoms with E-state index >= 15 is 0 Å². The average molecular weight is 357 g/mol. The van der Waals surface area contributed by atoms with Crippen LogP contribution in [0.15, 0.2) is 24.5 Å². The van der Waals surface area contributed by atoms with Gasteiger partial charge in [-0.2, -0.15) is 0 Å². The Bertz CT molecular complexity index is 829. The van der Waals surface area contributed by atoms with Crippen molar-refractivity contribution in [3.63, 3.8) is 0 Å². The minimum Gasteiger partial charge on any atom is -0.354 e. The zero-order valence-electron chi connectivity index (χ0n) is 14.9. The molecule has 0 spiro atoms. The van der Waals surface area contributed by atoms with Crippen molar-refractivity contribution in [2.75, 3.05) is 19.6 Å². The van der Waals surface area contributed by atoms with Gasteiger partial charge in [0.05, 0.1) is 23.3 Å². The molecule has 0 bridgehead atoms. The molecule has 3 amide bonds. The summed E-state index contributed by atoms with van der Waals surface area (Å²) in [6.07, 6.45) is 1.83. The van der Waals surface area contributed by atoms with Gasteiger partial charge in [0.1, 0.15) is 0 Å². The molecule has 1 atom stereocenters. The van der Waals surface area contributed by atoms with Crippen LogP contribution in [0, 0.1) is 5.92 Å². The summed E-state index contributed by atoms with van der Waals surface area (Å²) in [6.45, 7) is 4.98. The molecule has 1 unspecified atom stereocenters. The third-order valence-corrected chi connectivity index (χ3v) is 4.54. The van der Waals surface area contributed by atoms with Crippen LogP contribution >= 0.6 is 0 Å². The zero-order valence-corrected chi connectivity index (χ0v) is 14.9. The van der Waals surface area contributed by atoms with Gasteiger partial charge < -0.3 is 20.5 Å². The van der Waals surface area contributed by atoms with Gasteiger partial charge >= 0.3 is 0 Å². The first-order valence-corrected chi connectivity index (χ1v) is 8.74. The number of likely N-dealkylation sites (tertiary alicyclic amines) is 1. The Kier molecular flexibility index (Phi) is 5.20. The van der Waals surface area contributed by atoms with Crippen LogP contribution in [0.5, 0.6) is 0 Å². The van der Waals surface area contributed by atoms with Crippen molar-refractivity contribution in [2.24, 2.45) is 5.92 Å². The lowest BCUT2D eigenvalue weighted by molar-refractivity contribution is -0.129. The smallest absolute Gasteiger partial charge is 0.251 e. The summed E-state index contributed by atoms with van der Waals surface area (Å²) in [5, 5.41) is 5.56. The molecule has 1 saturated heterocycles. The molecule has 138 valence electrons. The molecule has 3 N–H and O–H groups in total. The molecule has 26 heavy (non-hydrogen) atoms. The van der Waals surface area contributed by atoms with Crippen LogP contribution < -0.4 is 10.6 Å². The van der Waals surface area contributed by atoms with Crippen LogP contribution in [0.1, 0.15) is 30.6 Å². The van der Waals surface area contributed by atoms with Gasteiger partial charge in [0.25, 0.3) is 5.91 Å². The summed E-state index contributed by atoms with van der Waals surface area (Å²) in [5.41, 5.74) is 2.13. The number of carbonyl (C=O) groups excluding carboxylic acids is 3. The third kappa shape index (κ3) is 3.84. The Morgan fingerprint density at radius 1 is 1.31 bits per heavy atom. The van der Waals surface area contributed by atoms with E-state index in [1.54, 1.807) is 29.4 Å². The molecule has 3 rings (SSSR count). The summed E-state index contributed by atoms with van der Waals surface area (Å²) in [7, 11) is 0. The zero-order chi connectivity index (χ0) is 18.7. The van der Waals surface area contributed by atoms with Crippen molar-refractivity contribution < 1.29 is 14.4 Å². The topological polar surface area (TPSA) is 107 Å². The van der Waals surface area contributed by atoms with E-state index in [0.717, 1.165) is 11.0 Å². The lowest BCUT2D eigenvalue weighted by Crippen LogP contribution is -2.39. The number of H-pyrrole nitrogens is 1. The SMILES string of the molecule is CC(C)N1CC(C(=O)NCCNC(=O)c2ccc3nc[nH]c3c2)CC1=O. The first-order chi connectivity index (χ1) is 12.5. The van der Waals surface area contributed by atoms with Crippen molar-refractivity contribution in [2.45, 2.75) is 26.3 Å². The first kappa shape index (κ1) is 17.9. The number of nitrogens with zero attached hydrogens (tertiary/aromatic N) is 2. The quantitative estimate of drug-likeness (QED) is 0.660. The van der Waals surface area contributed by atoms with E-state index < -0.39 is 0 Å². The van der Waals surface area contributed by atoms with Crippen LogP contribution in [0.4, 0.5) is 0 Å². The largest absolute Gasteiger partial charge is 0.354 e. The Labute approximate surface area is 151 Å². The maximum absolute atomic E-state index is 12.2. The molecule has 1 aromatic heterocycles. The van der Waals surface area contributed by atoms with Crippen molar-refractivity contribution in [3.05, 3.63) is 30.1 Å². The number of imidazole rings is 1. The van der Waals surface area contributed by atoms with E-state index in [1.807, 2.05) is 13.8 Å². The standard InChI is InChI=1S/C18H23N5O3/c1-11(2)23-9-13(8-16(23)24)18(26)20-6-5-19-17(25)12-3-4-14-15(7-12)22-10-21-14/h3-4,7,10-11,13H,5-6,8-9H2,1-2H3,(H,19,25)(H,20,26)(H,21,22). The van der Waals surface area contributed by atoms with Crippen LogP contribution in [0.3, 0.4) is 0 Å². The summed E-state index contributed by atoms with van der Waals surface area (Å²) in [6, 6.07) is 5.33. The number of aromatic nitrogens is 2. The molecule has 0 aliphatic carbocycles. The van der Waals surface area contributed by atoms with Gasteiger partial charge in [0.15, 0.2) is 0 Å². The van der Waals surface area contributed by atoms with E-state index in [-0.39, 0.29) is 36.1 Å². The van der Waals surface area contributed by atoms with Crippen molar-refractivity contribution in [3.8, 4) is 0 Å². The normalized spacial score (nSPS) is 17.1. The number of carbonyl (C=O) groups is 3. The van der Waals surface area contributed by atoms with Crippen molar-refractivity contribution >= 4 is 28.8 Å². The van der Waals surface area contributed by atoms with Crippen molar-refractivity contribution in [1.82, 2.24) is 25.5 Å². The highest BCUT2D eigenvalue weighted by molar-refractivity contribution is 5.97. The molecule has 1 fully saturated rings. The molecular weight excluding hydrogens is 334 g/mol. The molecular formula is C18H23N5O3. The van der Waals surface area contributed by atoms with Gasteiger partial charge in [-0.15, -0.1) is 0 Å². The maximum atomic E-state index is 12.2. The van der Waals surface area contributed by atoms with Gasteiger partial charge in [-0.3, -0.25) is 14.4 Å². The van der Waals surface area contributed by atoms with E-state index in [1.165, 1.54) is 0 Å². The predicted octanol–water partition coefficient (Wildman–Crippen LogP) is 0.666. The lowest BCUT2D eigenvalue weighted by Gasteiger charge is -2.20. The maximum Gasteiger partial charge on any atom is 0.251 e. The highest BCUT2D eigenvalue weighted by atomic mass is 16.2. The third-order valence-electron chi connectivity index (χ3n) is 4.54. The van der Waals surface area contributed by atoms with Crippen LogP contribution in [0.2, 0.25) is 0 Å². The second-order valence-electron chi connectivity index (χ2n) is 6.72. The second-order valence-corrected chi connectivity index (χ2v) is 6.72. The van der Waals surface area contributed by atoms with E-state index in [2.05, 4.69) is 20.6 Å². The van der Waals surface area contributed by atoms with Gasteiger partial charge in [-0.05, 0) is 32.0 Å². The molecule has 0 radical (unpaired) electrons. The number of fused-ring (bicyclic) bond motifs is 1. The minimum atomic E-state index is -0.316. The molecule has 1 aliphatic heterocycles. The van der Waals surface area contributed by atoms with E-state index in [9.17, 15) is 14.4 Å². The number of hydrogen-bond donors (Lipinski definition) is 3. The number of rotatable bonds is 6. The van der Waals surface area contributed by atoms with Crippen LogP contribution in [-0.2, 0) is 9.59 Å². The highest BCUT2D eigenvalue weighted by Crippen LogP contribution is 2.20. The van der Waals surface area contributed by atoms with Crippen molar-refractivity contribution in [1.29, 1.82) is 0 Å². The van der Waals surface area contributed by atoms with E-state index in [4.69, 9.17) is 0 Å². The van der Waals surface area contributed by atoms with Gasteiger partial charge in [-0.25, -0.2) is 4.98 Å². The Balaban J connectivity index is 1.43. The summed E-state index contributed by atoms with van der Waals surface area (Å²) in [5.74, 6) is -0.654. The predicted molar refractivity (Wildman–Crippen MR) is 96.4 cm³/mol. The number of amides is 3. The fourth-order valence-corrected chi connectivity index (χ4v) is 3.09. The fraction of sp³-hybridized carbons (Fsp3) is 0.444. The summed E-state index contributed by atoms with van der Waals surface area (Å²) in [4.78, 5) is 45.0. The molecule has 8 heteroatoms. The fourth-order valence-electron chi connectivity index (χ4n) is 3.09. The van der Waals surface area contributed by atoms with Crippen LogP contribution in [0.25, 0.3) is 11.0 Å². The second kappa shape index (κ2) is 7.55. The minimum absolute atomic E-state index is 0.0163. The van der Waals surface area contributed by atoms with E-state index in [0.29, 0.717) is 25.2 Å². The molecule has 2 aromatic rings. The lowest BCUT2D eigenvalue weighted by atomic mass is 10.1. The van der Waals surface area contributed by atoms with Gasteiger partial charge in [0, 0.05) is 37.7 Å². The number of hydrogen-bond acceptors (Lipinski definition) is 4. The Morgan fingerprint density at radius 3 is 2.81 bits per heavy atom. The Morgan fingerprint density at radius 2 is 2.08 bits per heavy atom. The van der Waals surface area contributed by atoms with Gasteiger partial charge in [0.2, 0.25) is 11.8 Å². The van der Waals surface area contributed by atoms with Crippen LogP contribution in [-0.4, -0.2) is 58.3 Å². The molecule has 1 aromatic carbocycles. The number of nitrogens with one attached hydrogen (secondary N) is 3. The summed E-state index contributed by atoms with van der Waals surface area (Å²) < 4.78 is 0. The number of benzene rings is 1. The van der Waals surface area contributed by atoms with Gasteiger partial charge in [-0.1, -0.05) is 0 Å². The number of aromatic amines is 1. The highest BCUT2D eigenvalue weighted by Gasteiger charge is 2.35.